The van der Waals surface area contributed by atoms with Gasteiger partial charge < -0.3 is 20.5 Å². The van der Waals surface area contributed by atoms with E-state index in [2.05, 4.69) is 10.6 Å². The van der Waals surface area contributed by atoms with Crippen LogP contribution >= 0.6 is 0 Å². The van der Waals surface area contributed by atoms with E-state index in [0.717, 1.165) is 6.42 Å². The number of nitrogens with one attached hydrogen (secondary N) is 2. The monoisotopic (exact) mass is 298 g/mol. The van der Waals surface area contributed by atoms with E-state index in [9.17, 15) is 14.3 Å². The van der Waals surface area contributed by atoms with Crippen LogP contribution in [0.25, 0.3) is 0 Å². The molecule has 0 fully saturated rings. The maximum absolute atomic E-state index is 13.8. The van der Waals surface area contributed by atoms with Crippen molar-refractivity contribution in [2.45, 2.75) is 45.8 Å². The van der Waals surface area contributed by atoms with Crippen molar-refractivity contribution in [1.82, 2.24) is 5.32 Å². The van der Waals surface area contributed by atoms with Gasteiger partial charge in [-0.1, -0.05) is 13.3 Å². The van der Waals surface area contributed by atoms with Crippen molar-refractivity contribution < 1.29 is 19.0 Å². The first kappa shape index (κ1) is 17.2. The molecule has 5 nitrogen and oxygen atoms in total. The minimum absolute atomic E-state index is 0.0495. The van der Waals surface area contributed by atoms with Crippen LogP contribution in [0.5, 0.6) is 5.75 Å². The van der Waals surface area contributed by atoms with Gasteiger partial charge in [0.1, 0.15) is 11.6 Å². The minimum atomic E-state index is -0.590. The van der Waals surface area contributed by atoms with Crippen LogP contribution in [0.4, 0.5) is 14.9 Å². The quantitative estimate of drug-likeness (QED) is 0.725. The number of hydrogen-bond donors (Lipinski definition) is 3. The second-order valence-corrected chi connectivity index (χ2v) is 5.09. The van der Waals surface area contributed by atoms with Gasteiger partial charge in [0, 0.05) is 12.6 Å². The van der Waals surface area contributed by atoms with Crippen LogP contribution in [0.1, 0.15) is 33.6 Å². The third-order valence-corrected chi connectivity index (χ3v) is 2.68. The van der Waals surface area contributed by atoms with E-state index < -0.39 is 18.0 Å². The average Bonchev–Trinajstić information content (AvgIpc) is 2.39. The Bertz CT molecular complexity index is 466. The van der Waals surface area contributed by atoms with E-state index in [0.29, 0.717) is 12.2 Å². The number of urea groups is 1. The van der Waals surface area contributed by atoms with Crippen molar-refractivity contribution in [1.29, 1.82) is 0 Å². The SMILES string of the molecule is CCCC(O)CNC(=O)Nc1ccc(OC(C)C)cc1F. The van der Waals surface area contributed by atoms with E-state index in [1.807, 2.05) is 20.8 Å². The summed E-state index contributed by atoms with van der Waals surface area (Å²) in [5.74, 6) is -0.163. The highest BCUT2D eigenvalue weighted by Crippen LogP contribution is 2.21. The highest BCUT2D eigenvalue weighted by atomic mass is 19.1. The molecule has 0 aromatic heterocycles. The Balaban J connectivity index is 2.52. The van der Waals surface area contributed by atoms with Gasteiger partial charge in [0.05, 0.1) is 17.9 Å². The summed E-state index contributed by atoms with van der Waals surface area (Å²) in [6.45, 7) is 5.77. The summed E-state index contributed by atoms with van der Waals surface area (Å²) in [6, 6.07) is 3.70. The first-order chi connectivity index (χ1) is 9.92. The van der Waals surface area contributed by atoms with Crippen LogP contribution < -0.4 is 15.4 Å². The topological polar surface area (TPSA) is 70.6 Å². The summed E-state index contributed by atoms with van der Waals surface area (Å²) in [5, 5.41) is 14.4. The van der Waals surface area contributed by atoms with Crippen molar-refractivity contribution in [2.75, 3.05) is 11.9 Å². The van der Waals surface area contributed by atoms with Gasteiger partial charge in [-0.05, 0) is 32.4 Å². The van der Waals surface area contributed by atoms with E-state index in [4.69, 9.17) is 4.74 Å². The molecule has 6 heteroatoms. The lowest BCUT2D eigenvalue weighted by molar-refractivity contribution is 0.162. The van der Waals surface area contributed by atoms with Gasteiger partial charge in [-0.15, -0.1) is 0 Å². The molecule has 1 aromatic carbocycles. The van der Waals surface area contributed by atoms with Gasteiger partial charge in [-0.25, -0.2) is 9.18 Å². The number of aliphatic hydroxyl groups is 1. The summed E-state index contributed by atoms with van der Waals surface area (Å²) in [4.78, 5) is 11.6. The fraction of sp³-hybridized carbons (Fsp3) is 0.533. The summed E-state index contributed by atoms with van der Waals surface area (Å²) in [6.07, 6.45) is 0.797. The Morgan fingerprint density at radius 1 is 1.43 bits per heavy atom. The third kappa shape index (κ3) is 6.44. The van der Waals surface area contributed by atoms with Crippen LogP contribution in [0.3, 0.4) is 0 Å². The van der Waals surface area contributed by atoms with Crippen LogP contribution in [0, 0.1) is 5.82 Å². The molecule has 0 aliphatic rings. The van der Waals surface area contributed by atoms with Gasteiger partial charge >= 0.3 is 6.03 Å². The molecule has 0 aliphatic carbocycles. The molecule has 0 aliphatic heterocycles. The average molecular weight is 298 g/mol. The molecule has 21 heavy (non-hydrogen) atoms. The Labute approximate surface area is 124 Å². The molecule has 118 valence electrons. The van der Waals surface area contributed by atoms with Gasteiger partial charge in [0.2, 0.25) is 0 Å². The molecule has 0 bridgehead atoms. The summed E-state index contributed by atoms with van der Waals surface area (Å²) in [5.41, 5.74) is 0.0635. The molecule has 1 aromatic rings. The fourth-order valence-corrected chi connectivity index (χ4v) is 1.75. The molecule has 1 rings (SSSR count). The van der Waals surface area contributed by atoms with E-state index >= 15 is 0 Å². The number of hydrogen-bond acceptors (Lipinski definition) is 3. The lowest BCUT2D eigenvalue weighted by atomic mass is 10.2. The van der Waals surface area contributed by atoms with Crippen LogP contribution in [0.15, 0.2) is 18.2 Å². The van der Waals surface area contributed by atoms with E-state index in [-0.39, 0.29) is 18.3 Å². The van der Waals surface area contributed by atoms with Crippen LogP contribution in [0.2, 0.25) is 0 Å². The number of ether oxygens (including phenoxy) is 1. The first-order valence-electron chi connectivity index (χ1n) is 7.11. The Hall–Kier alpha value is -1.82. The largest absolute Gasteiger partial charge is 0.491 e. The number of halogens is 1. The second-order valence-electron chi connectivity index (χ2n) is 5.09. The molecule has 2 amide bonds. The standard InChI is InChI=1S/C15H23FN2O3/c1-4-5-11(19)9-17-15(20)18-14-7-6-12(8-13(14)16)21-10(2)3/h6-8,10-11,19H,4-5,9H2,1-3H3,(H2,17,18,20). The Morgan fingerprint density at radius 2 is 2.14 bits per heavy atom. The molecule has 0 saturated carbocycles. The van der Waals surface area contributed by atoms with Gasteiger partial charge in [-0.3, -0.25) is 0 Å². The van der Waals surface area contributed by atoms with Crippen molar-refractivity contribution >= 4 is 11.7 Å². The number of benzene rings is 1. The predicted octanol–water partition coefficient (Wildman–Crippen LogP) is 2.90. The molecular weight excluding hydrogens is 275 g/mol. The molecule has 1 atom stereocenters. The molecule has 0 radical (unpaired) electrons. The number of amides is 2. The van der Waals surface area contributed by atoms with Gasteiger partial charge in [0.25, 0.3) is 0 Å². The molecular formula is C15H23FN2O3. The maximum Gasteiger partial charge on any atom is 0.319 e. The molecule has 3 N–H and O–H groups in total. The zero-order chi connectivity index (χ0) is 15.8. The second kappa shape index (κ2) is 8.46. The highest BCUT2D eigenvalue weighted by molar-refractivity contribution is 5.89. The number of aliphatic hydroxyl groups excluding tert-OH is 1. The first-order valence-corrected chi connectivity index (χ1v) is 7.11. The molecule has 0 saturated heterocycles. The Morgan fingerprint density at radius 3 is 2.71 bits per heavy atom. The number of anilines is 1. The van der Waals surface area contributed by atoms with Crippen LogP contribution in [-0.4, -0.2) is 29.9 Å². The fourth-order valence-electron chi connectivity index (χ4n) is 1.75. The van der Waals surface area contributed by atoms with Crippen molar-refractivity contribution in [3.63, 3.8) is 0 Å². The molecule has 0 spiro atoms. The predicted molar refractivity (Wildman–Crippen MR) is 80.1 cm³/mol. The zero-order valence-electron chi connectivity index (χ0n) is 12.6. The smallest absolute Gasteiger partial charge is 0.319 e. The number of carbonyl (C=O) groups is 1. The highest BCUT2D eigenvalue weighted by Gasteiger charge is 2.10. The van der Waals surface area contributed by atoms with Gasteiger partial charge in [0.15, 0.2) is 0 Å². The van der Waals surface area contributed by atoms with Crippen LogP contribution in [-0.2, 0) is 0 Å². The number of rotatable bonds is 7. The summed E-state index contributed by atoms with van der Waals surface area (Å²) < 4.78 is 19.2. The van der Waals surface area contributed by atoms with Crippen molar-refractivity contribution in [3.8, 4) is 5.75 Å². The summed E-state index contributed by atoms with van der Waals surface area (Å²) >= 11 is 0. The zero-order valence-corrected chi connectivity index (χ0v) is 12.6. The molecule has 0 heterocycles. The Kier molecular flexibility index (Phi) is 6.94. The summed E-state index contributed by atoms with van der Waals surface area (Å²) in [7, 11) is 0. The van der Waals surface area contributed by atoms with E-state index in [1.165, 1.54) is 12.1 Å². The lowest BCUT2D eigenvalue weighted by Crippen LogP contribution is -2.35. The lowest BCUT2D eigenvalue weighted by Gasteiger charge is -2.13. The van der Waals surface area contributed by atoms with Crippen molar-refractivity contribution in [2.24, 2.45) is 0 Å². The van der Waals surface area contributed by atoms with Crippen molar-refractivity contribution in [3.05, 3.63) is 24.0 Å². The van der Waals surface area contributed by atoms with E-state index in [1.54, 1.807) is 6.07 Å². The molecule has 1 unspecified atom stereocenters. The minimum Gasteiger partial charge on any atom is -0.491 e. The third-order valence-electron chi connectivity index (χ3n) is 2.68. The number of carbonyl (C=O) groups excluding carboxylic acids is 1. The van der Waals surface area contributed by atoms with Gasteiger partial charge in [-0.2, -0.15) is 0 Å². The normalized spacial score (nSPS) is 12.1. The maximum atomic E-state index is 13.8.